The molecule has 0 spiro atoms. The molecule has 1 aromatic rings. The molecule has 0 saturated carbocycles. The average molecular weight is 246 g/mol. The lowest BCUT2D eigenvalue weighted by Crippen LogP contribution is -2.36. The van der Waals surface area contributed by atoms with Gasteiger partial charge in [-0.1, -0.05) is 19.9 Å². The Morgan fingerprint density at radius 2 is 2.00 bits per heavy atom. The molecule has 0 atom stereocenters. The number of hydrogen-bond acceptors (Lipinski definition) is 2. The van der Waals surface area contributed by atoms with Gasteiger partial charge in [0.15, 0.2) is 0 Å². The van der Waals surface area contributed by atoms with E-state index in [2.05, 4.69) is 18.7 Å². The molecule has 1 aliphatic heterocycles. The second kappa shape index (κ2) is 5.07. The van der Waals surface area contributed by atoms with Crippen LogP contribution in [0.15, 0.2) is 18.2 Å². The lowest BCUT2D eigenvalue weighted by Gasteiger charge is -2.36. The Morgan fingerprint density at radius 1 is 1.33 bits per heavy atom. The highest BCUT2D eigenvalue weighted by molar-refractivity contribution is 5.32. The molecule has 1 fully saturated rings. The molecule has 0 N–H and O–H groups in total. The standard InChI is InChI=1S/C15H19FN2/c1-15(2)5-7-18(8-6-15)11-13-4-3-12(10-17)9-14(13)16/h3-4,9H,5-8,11H2,1-2H3. The van der Waals surface area contributed by atoms with Gasteiger partial charge in [-0.05, 0) is 43.5 Å². The largest absolute Gasteiger partial charge is 0.299 e. The van der Waals surface area contributed by atoms with Crippen molar-refractivity contribution in [1.82, 2.24) is 4.90 Å². The molecule has 0 aliphatic carbocycles. The van der Waals surface area contributed by atoms with E-state index in [0.29, 0.717) is 23.1 Å². The molecular weight excluding hydrogens is 227 g/mol. The topological polar surface area (TPSA) is 27.0 Å². The van der Waals surface area contributed by atoms with Gasteiger partial charge in [0.2, 0.25) is 0 Å². The molecule has 18 heavy (non-hydrogen) atoms. The smallest absolute Gasteiger partial charge is 0.129 e. The van der Waals surface area contributed by atoms with Gasteiger partial charge in [0.25, 0.3) is 0 Å². The SMILES string of the molecule is CC1(C)CCN(Cc2ccc(C#N)cc2F)CC1. The van der Waals surface area contributed by atoms with Gasteiger partial charge < -0.3 is 0 Å². The summed E-state index contributed by atoms with van der Waals surface area (Å²) in [6.07, 6.45) is 2.32. The number of piperidine rings is 1. The molecule has 0 bridgehead atoms. The molecule has 1 heterocycles. The summed E-state index contributed by atoms with van der Waals surface area (Å²) in [7, 11) is 0. The lowest BCUT2D eigenvalue weighted by molar-refractivity contribution is 0.126. The van der Waals surface area contributed by atoms with Crippen molar-refractivity contribution >= 4 is 0 Å². The third kappa shape index (κ3) is 3.08. The summed E-state index contributed by atoms with van der Waals surface area (Å²) in [5, 5.41) is 8.70. The summed E-state index contributed by atoms with van der Waals surface area (Å²) in [5.41, 5.74) is 1.49. The van der Waals surface area contributed by atoms with Crippen LogP contribution in [0, 0.1) is 22.6 Å². The van der Waals surface area contributed by atoms with Crippen molar-refractivity contribution < 1.29 is 4.39 Å². The molecule has 1 aromatic carbocycles. The zero-order valence-corrected chi connectivity index (χ0v) is 11.0. The number of benzene rings is 1. The third-order valence-electron chi connectivity index (χ3n) is 3.79. The summed E-state index contributed by atoms with van der Waals surface area (Å²) < 4.78 is 13.8. The van der Waals surface area contributed by atoms with Crippen molar-refractivity contribution in [3.8, 4) is 6.07 Å². The molecule has 2 rings (SSSR count). The number of nitriles is 1. The Bertz CT molecular complexity index is 464. The monoisotopic (exact) mass is 246 g/mol. The van der Waals surface area contributed by atoms with Crippen LogP contribution in [0.5, 0.6) is 0 Å². The second-order valence-corrected chi connectivity index (χ2v) is 5.86. The van der Waals surface area contributed by atoms with Gasteiger partial charge in [0.05, 0.1) is 11.6 Å². The van der Waals surface area contributed by atoms with Crippen LogP contribution < -0.4 is 0 Å². The van der Waals surface area contributed by atoms with Crippen LogP contribution in [0.3, 0.4) is 0 Å². The molecule has 2 nitrogen and oxygen atoms in total. The first-order valence-electron chi connectivity index (χ1n) is 6.41. The molecule has 3 heteroatoms. The summed E-state index contributed by atoms with van der Waals surface area (Å²) in [6.45, 7) is 7.26. The number of rotatable bonds is 2. The maximum atomic E-state index is 13.8. The predicted molar refractivity (Wildman–Crippen MR) is 69.4 cm³/mol. The minimum absolute atomic E-state index is 0.265. The van der Waals surface area contributed by atoms with Crippen molar-refractivity contribution in [3.05, 3.63) is 35.1 Å². The molecule has 0 aromatic heterocycles. The van der Waals surface area contributed by atoms with E-state index in [1.54, 1.807) is 12.1 Å². The van der Waals surface area contributed by atoms with Gasteiger partial charge in [0.1, 0.15) is 5.82 Å². The minimum atomic E-state index is -0.265. The fourth-order valence-electron chi connectivity index (χ4n) is 2.30. The van der Waals surface area contributed by atoms with Gasteiger partial charge in [0, 0.05) is 12.1 Å². The normalized spacial score (nSPS) is 19.4. The zero-order valence-electron chi connectivity index (χ0n) is 11.0. The van der Waals surface area contributed by atoms with Crippen LogP contribution in [0.2, 0.25) is 0 Å². The van der Waals surface area contributed by atoms with Crippen LogP contribution in [0.4, 0.5) is 4.39 Å². The number of likely N-dealkylation sites (tertiary alicyclic amines) is 1. The Balaban J connectivity index is 2.01. The predicted octanol–water partition coefficient (Wildman–Crippen LogP) is 3.32. The van der Waals surface area contributed by atoms with Crippen molar-refractivity contribution in [2.75, 3.05) is 13.1 Å². The van der Waals surface area contributed by atoms with Crippen molar-refractivity contribution in [2.24, 2.45) is 5.41 Å². The molecule has 1 aliphatic rings. The van der Waals surface area contributed by atoms with Gasteiger partial charge >= 0.3 is 0 Å². The van der Waals surface area contributed by atoms with Gasteiger partial charge in [-0.3, -0.25) is 4.90 Å². The maximum absolute atomic E-state index is 13.8. The van der Waals surface area contributed by atoms with E-state index in [4.69, 9.17) is 5.26 Å². The summed E-state index contributed by atoms with van der Waals surface area (Å²) in [6, 6.07) is 6.70. The highest BCUT2D eigenvalue weighted by atomic mass is 19.1. The highest BCUT2D eigenvalue weighted by Gasteiger charge is 2.25. The second-order valence-electron chi connectivity index (χ2n) is 5.86. The third-order valence-corrected chi connectivity index (χ3v) is 3.79. The summed E-state index contributed by atoms with van der Waals surface area (Å²) in [4.78, 5) is 2.29. The Kier molecular flexibility index (Phi) is 3.68. The Labute approximate surface area is 108 Å². The van der Waals surface area contributed by atoms with E-state index >= 15 is 0 Å². The molecule has 96 valence electrons. The van der Waals surface area contributed by atoms with Gasteiger partial charge in [-0.15, -0.1) is 0 Å². The lowest BCUT2D eigenvalue weighted by atomic mass is 9.82. The fourth-order valence-corrected chi connectivity index (χ4v) is 2.30. The zero-order chi connectivity index (χ0) is 13.2. The fraction of sp³-hybridized carbons (Fsp3) is 0.533. The van der Waals surface area contributed by atoms with Crippen LogP contribution in [0.25, 0.3) is 0 Å². The van der Waals surface area contributed by atoms with Crippen molar-refractivity contribution in [2.45, 2.75) is 33.2 Å². The molecule has 0 unspecified atom stereocenters. The molecule has 1 saturated heterocycles. The van der Waals surface area contributed by atoms with E-state index in [0.717, 1.165) is 25.9 Å². The van der Waals surface area contributed by atoms with Gasteiger partial charge in [-0.25, -0.2) is 4.39 Å². The molecular formula is C15H19FN2. The van der Waals surface area contributed by atoms with Gasteiger partial charge in [-0.2, -0.15) is 5.26 Å². The Hall–Kier alpha value is -1.40. The highest BCUT2D eigenvalue weighted by Crippen LogP contribution is 2.30. The molecule has 0 amide bonds. The number of hydrogen-bond donors (Lipinski definition) is 0. The van der Waals surface area contributed by atoms with E-state index in [-0.39, 0.29) is 5.82 Å². The summed E-state index contributed by atoms with van der Waals surface area (Å²) in [5.74, 6) is -0.265. The average Bonchev–Trinajstić information content (AvgIpc) is 2.34. The van der Waals surface area contributed by atoms with E-state index < -0.39 is 0 Å². The van der Waals surface area contributed by atoms with Crippen molar-refractivity contribution in [3.63, 3.8) is 0 Å². The first kappa shape index (κ1) is 13.0. The quantitative estimate of drug-likeness (QED) is 0.800. The summed E-state index contributed by atoms with van der Waals surface area (Å²) >= 11 is 0. The number of halogens is 1. The maximum Gasteiger partial charge on any atom is 0.129 e. The van der Waals surface area contributed by atoms with Crippen LogP contribution in [0.1, 0.15) is 37.8 Å². The van der Waals surface area contributed by atoms with Crippen LogP contribution >= 0.6 is 0 Å². The van der Waals surface area contributed by atoms with E-state index in [9.17, 15) is 4.39 Å². The van der Waals surface area contributed by atoms with Crippen LogP contribution in [-0.4, -0.2) is 18.0 Å². The first-order chi connectivity index (χ1) is 8.50. The minimum Gasteiger partial charge on any atom is -0.299 e. The molecule has 0 radical (unpaired) electrons. The van der Waals surface area contributed by atoms with E-state index in [1.165, 1.54) is 6.07 Å². The Morgan fingerprint density at radius 3 is 2.56 bits per heavy atom. The number of nitrogens with zero attached hydrogens (tertiary/aromatic N) is 2. The van der Waals surface area contributed by atoms with Crippen LogP contribution in [-0.2, 0) is 6.54 Å². The van der Waals surface area contributed by atoms with E-state index in [1.807, 2.05) is 6.07 Å². The van der Waals surface area contributed by atoms with Crippen molar-refractivity contribution in [1.29, 1.82) is 5.26 Å². The first-order valence-corrected chi connectivity index (χ1v) is 6.41.